The number of esters is 2. The molecule has 0 aromatic rings. The van der Waals surface area contributed by atoms with Crippen LogP contribution in [0.3, 0.4) is 0 Å². The third kappa shape index (κ3) is 3.59. The van der Waals surface area contributed by atoms with Gasteiger partial charge in [-0.3, -0.25) is 14.4 Å². The Morgan fingerprint density at radius 1 is 1.40 bits per heavy atom. The molecular formula is C5H6O5. The van der Waals surface area contributed by atoms with Crippen LogP contribution in [0.5, 0.6) is 0 Å². The van der Waals surface area contributed by atoms with Gasteiger partial charge in [0.2, 0.25) is 0 Å². The lowest BCUT2D eigenvalue weighted by Crippen LogP contribution is -2.11. The second-order valence-electron chi connectivity index (χ2n) is 1.34. The number of ether oxygens (including phenoxy) is 2. The minimum Gasteiger partial charge on any atom is -0.469 e. The van der Waals surface area contributed by atoms with Crippen molar-refractivity contribution in [3.05, 3.63) is 0 Å². The summed E-state index contributed by atoms with van der Waals surface area (Å²) in [4.78, 5) is 30.0. The van der Waals surface area contributed by atoms with E-state index < -0.39 is 18.4 Å². The standard InChI is InChI=1S/C5H6O5/c1-9-4(7)2-5(8)10-3-6/h3H,2H2,1H3. The van der Waals surface area contributed by atoms with Crippen LogP contribution in [0.1, 0.15) is 6.42 Å². The molecule has 0 spiro atoms. The van der Waals surface area contributed by atoms with E-state index in [4.69, 9.17) is 0 Å². The predicted octanol–water partition coefficient (Wildman–Crippen LogP) is -0.751. The Bertz CT molecular complexity index is 150. The fraction of sp³-hybridized carbons (Fsp3) is 0.400. The fourth-order valence-electron chi connectivity index (χ4n) is 0.285. The molecule has 0 rings (SSSR count). The first-order valence-electron chi connectivity index (χ1n) is 2.40. The van der Waals surface area contributed by atoms with E-state index in [2.05, 4.69) is 9.47 Å². The van der Waals surface area contributed by atoms with Gasteiger partial charge in [0, 0.05) is 0 Å². The van der Waals surface area contributed by atoms with Crippen molar-refractivity contribution in [3.63, 3.8) is 0 Å². The first-order chi connectivity index (χ1) is 4.70. The van der Waals surface area contributed by atoms with Crippen LogP contribution in [0.25, 0.3) is 0 Å². The largest absolute Gasteiger partial charge is 0.469 e. The van der Waals surface area contributed by atoms with Gasteiger partial charge in [-0.1, -0.05) is 0 Å². The highest BCUT2D eigenvalue weighted by Crippen LogP contribution is 1.86. The summed E-state index contributed by atoms with van der Waals surface area (Å²) >= 11 is 0. The number of hydrogen-bond donors (Lipinski definition) is 0. The van der Waals surface area contributed by atoms with Crippen molar-refractivity contribution in [1.29, 1.82) is 0 Å². The van der Waals surface area contributed by atoms with Crippen LogP contribution >= 0.6 is 0 Å². The van der Waals surface area contributed by atoms with Crippen LogP contribution in [0.15, 0.2) is 0 Å². The molecule has 5 nitrogen and oxygen atoms in total. The van der Waals surface area contributed by atoms with E-state index in [0.717, 1.165) is 7.11 Å². The lowest BCUT2D eigenvalue weighted by molar-refractivity contribution is -0.156. The van der Waals surface area contributed by atoms with Gasteiger partial charge < -0.3 is 9.47 Å². The van der Waals surface area contributed by atoms with Crippen molar-refractivity contribution >= 4 is 18.4 Å². The Morgan fingerprint density at radius 2 is 2.00 bits per heavy atom. The zero-order valence-corrected chi connectivity index (χ0v) is 5.33. The van der Waals surface area contributed by atoms with Gasteiger partial charge in [0.05, 0.1) is 7.11 Å². The van der Waals surface area contributed by atoms with E-state index >= 15 is 0 Å². The second-order valence-corrected chi connectivity index (χ2v) is 1.34. The van der Waals surface area contributed by atoms with Crippen molar-refractivity contribution < 1.29 is 23.9 Å². The molecule has 0 radical (unpaired) electrons. The monoisotopic (exact) mass is 146 g/mol. The van der Waals surface area contributed by atoms with Gasteiger partial charge >= 0.3 is 18.4 Å². The molecule has 0 fully saturated rings. The molecule has 0 amide bonds. The number of hydrogen-bond acceptors (Lipinski definition) is 5. The summed E-state index contributed by atoms with van der Waals surface area (Å²) in [6.07, 6.45) is -0.533. The molecule has 0 aromatic heterocycles. The molecular weight excluding hydrogens is 140 g/mol. The number of methoxy groups -OCH3 is 1. The molecule has 10 heavy (non-hydrogen) atoms. The van der Waals surface area contributed by atoms with Gasteiger partial charge in [-0.15, -0.1) is 0 Å². The second kappa shape index (κ2) is 4.49. The Morgan fingerprint density at radius 3 is 2.40 bits per heavy atom. The van der Waals surface area contributed by atoms with E-state index in [1.54, 1.807) is 0 Å². The van der Waals surface area contributed by atoms with Crippen LogP contribution in [0.4, 0.5) is 0 Å². The molecule has 0 aliphatic heterocycles. The summed E-state index contributed by atoms with van der Waals surface area (Å²) in [7, 11) is 1.14. The van der Waals surface area contributed by atoms with Gasteiger partial charge in [-0.05, 0) is 0 Å². The van der Waals surface area contributed by atoms with Crippen LogP contribution < -0.4 is 0 Å². The van der Waals surface area contributed by atoms with Gasteiger partial charge in [0.1, 0.15) is 6.42 Å². The minimum atomic E-state index is -0.915. The normalized spacial score (nSPS) is 8.10. The molecule has 0 bridgehead atoms. The summed E-state index contributed by atoms with van der Waals surface area (Å²) in [5, 5.41) is 0. The average Bonchev–Trinajstić information content (AvgIpc) is 1.88. The molecule has 0 atom stereocenters. The van der Waals surface area contributed by atoms with Gasteiger partial charge in [0.15, 0.2) is 0 Å². The van der Waals surface area contributed by atoms with Gasteiger partial charge in [-0.25, -0.2) is 0 Å². The highest BCUT2D eigenvalue weighted by Gasteiger charge is 2.09. The third-order valence-corrected chi connectivity index (χ3v) is 0.696. The topological polar surface area (TPSA) is 69.7 Å². The smallest absolute Gasteiger partial charge is 0.324 e. The van der Waals surface area contributed by atoms with Crippen molar-refractivity contribution in [2.45, 2.75) is 6.42 Å². The number of rotatable bonds is 3. The van der Waals surface area contributed by atoms with Crippen molar-refractivity contribution in [1.82, 2.24) is 0 Å². The molecule has 0 unspecified atom stereocenters. The predicted molar refractivity (Wildman–Crippen MR) is 28.8 cm³/mol. The molecule has 0 aromatic carbocycles. The lowest BCUT2D eigenvalue weighted by Gasteiger charge is -1.94. The zero-order valence-electron chi connectivity index (χ0n) is 5.33. The Kier molecular flexibility index (Phi) is 3.86. The van der Waals surface area contributed by atoms with Crippen molar-refractivity contribution in [2.75, 3.05) is 7.11 Å². The molecule has 0 aliphatic rings. The zero-order chi connectivity index (χ0) is 7.98. The average molecular weight is 146 g/mol. The Labute approximate surface area is 56.9 Å². The molecule has 0 aliphatic carbocycles. The summed E-state index contributed by atoms with van der Waals surface area (Å²) in [5.41, 5.74) is 0. The van der Waals surface area contributed by atoms with Crippen LogP contribution in [-0.2, 0) is 23.9 Å². The number of carbonyl (C=O) groups excluding carboxylic acids is 3. The highest BCUT2D eigenvalue weighted by atomic mass is 16.6. The Hall–Kier alpha value is -1.39. The SMILES string of the molecule is COC(=O)CC(=O)OC=O. The first-order valence-corrected chi connectivity index (χ1v) is 2.40. The van der Waals surface area contributed by atoms with Crippen molar-refractivity contribution in [2.24, 2.45) is 0 Å². The Balaban J connectivity index is 3.57. The molecule has 0 saturated heterocycles. The van der Waals surface area contributed by atoms with Gasteiger partial charge in [0.25, 0.3) is 0 Å². The third-order valence-electron chi connectivity index (χ3n) is 0.696. The molecule has 0 N–H and O–H groups in total. The summed E-state index contributed by atoms with van der Waals surface area (Å²) < 4.78 is 7.91. The maximum absolute atomic E-state index is 10.3. The quantitative estimate of drug-likeness (QED) is 0.297. The molecule has 0 saturated carbocycles. The molecule has 56 valence electrons. The van der Waals surface area contributed by atoms with Crippen LogP contribution in [0, 0.1) is 0 Å². The van der Waals surface area contributed by atoms with Crippen LogP contribution in [-0.4, -0.2) is 25.5 Å². The molecule has 0 heterocycles. The van der Waals surface area contributed by atoms with E-state index in [1.165, 1.54) is 0 Å². The first kappa shape index (κ1) is 8.61. The van der Waals surface area contributed by atoms with E-state index in [0.29, 0.717) is 0 Å². The van der Waals surface area contributed by atoms with Gasteiger partial charge in [-0.2, -0.15) is 0 Å². The van der Waals surface area contributed by atoms with E-state index in [1.807, 2.05) is 0 Å². The van der Waals surface area contributed by atoms with E-state index in [-0.39, 0.29) is 6.47 Å². The highest BCUT2D eigenvalue weighted by molar-refractivity contribution is 5.93. The van der Waals surface area contributed by atoms with Crippen LogP contribution in [0.2, 0.25) is 0 Å². The maximum atomic E-state index is 10.3. The minimum absolute atomic E-state index is 0.0364. The lowest BCUT2D eigenvalue weighted by atomic mass is 10.4. The summed E-state index contributed by atoms with van der Waals surface area (Å²) in [5.74, 6) is -1.64. The van der Waals surface area contributed by atoms with E-state index in [9.17, 15) is 14.4 Å². The summed E-state index contributed by atoms with van der Waals surface area (Å²) in [6, 6.07) is 0. The number of carbonyl (C=O) groups is 3. The molecule has 5 heteroatoms. The summed E-state index contributed by atoms with van der Waals surface area (Å²) in [6.45, 7) is -0.0364. The maximum Gasteiger partial charge on any atom is 0.324 e. The fourth-order valence-corrected chi connectivity index (χ4v) is 0.285. The van der Waals surface area contributed by atoms with Crippen molar-refractivity contribution in [3.8, 4) is 0 Å².